The van der Waals surface area contributed by atoms with Crippen LogP contribution in [0.4, 0.5) is 5.13 Å². The third kappa shape index (κ3) is 4.63. The van der Waals surface area contributed by atoms with Crippen LogP contribution in [0.5, 0.6) is 0 Å². The van der Waals surface area contributed by atoms with Crippen LogP contribution >= 0.6 is 11.3 Å². The van der Waals surface area contributed by atoms with E-state index in [1.54, 1.807) is 0 Å². The van der Waals surface area contributed by atoms with Crippen LogP contribution in [0.3, 0.4) is 0 Å². The number of thiazole rings is 1. The lowest BCUT2D eigenvalue weighted by atomic mass is 10.0. The summed E-state index contributed by atoms with van der Waals surface area (Å²) in [5, 5.41) is 12.1. The molecule has 2 aromatic rings. The Morgan fingerprint density at radius 1 is 1.24 bits per heavy atom. The molecular formula is C21H23N5O2S. The maximum absolute atomic E-state index is 13.0. The molecule has 150 valence electrons. The minimum Gasteiger partial charge on any atom is -0.378 e. The van der Waals surface area contributed by atoms with E-state index in [1.807, 2.05) is 30.3 Å². The van der Waals surface area contributed by atoms with E-state index in [2.05, 4.69) is 26.4 Å². The fourth-order valence-electron chi connectivity index (χ4n) is 3.27. The highest BCUT2D eigenvalue weighted by Crippen LogP contribution is 2.36. The zero-order valence-corrected chi connectivity index (χ0v) is 17.0. The fraction of sp³-hybridized carbons (Fsp3) is 0.429. The van der Waals surface area contributed by atoms with Crippen molar-refractivity contribution in [2.24, 2.45) is 10.2 Å². The Labute approximate surface area is 174 Å². The summed E-state index contributed by atoms with van der Waals surface area (Å²) >= 11 is 1.43. The third-order valence-corrected chi connectivity index (χ3v) is 6.13. The summed E-state index contributed by atoms with van der Waals surface area (Å²) in [5.41, 5.74) is 1.26. The van der Waals surface area contributed by atoms with Gasteiger partial charge in [-0.3, -0.25) is 4.79 Å². The van der Waals surface area contributed by atoms with Gasteiger partial charge in [0.1, 0.15) is 4.88 Å². The molecule has 1 N–H and O–H groups in total. The zero-order valence-electron chi connectivity index (χ0n) is 16.1. The highest BCUT2D eigenvalue weighted by atomic mass is 32.1. The molecule has 0 atom stereocenters. The number of nitrogens with one attached hydrogen (secondary N) is 1. The monoisotopic (exact) mass is 409 g/mol. The topological polar surface area (TPSA) is 79.2 Å². The summed E-state index contributed by atoms with van der Waals surface area (Å²) < 4.78 is 5.44. The Balaban J connectivity index is 1.48. The van der Waals surface area contributed by atoms with Crippen LogP contribution in [0.25, 0.3) is 11.3 Å². The molecule has 0 radical (unpaired) electrons. The SMILES string of the molecule is C#CCCC1(CCNC(=O)c2sc(N3CCOCC3)nc2-c2ccccc2)N=N1. The number of aromatic nitrogens is 1. The van der Waals surface area contributed by atoms with Crippen molar-refractivity contribution in [1.29, 1.82) is 0 Å². The number of nitrogens with zero attached hydrogens (tertiary/aromatic N) is 4. The van der Waals surface area contributed by atoms with E-state index >= 15 is 0 Å². The number of ether oxygens (including phenoxy) is 1. The van der Waals surface area contributed by atoms with Gasteiger partial charge < -0.3 is 15.0 Å². The molecule has 1 aromatic carbocycles. The van der Waals surface area contributed by atoms with Crippen molar-refractivity contribution in [3.63, 3.8) is 0 Å². The highest BCUT2D eigenvalue weighted by molar-refractivity contribution is 7.18. The van der Waals surface area contributed by atoms with Gasteiger partial charge in [-0.15, -0.1) is 12.3 Å². The highest BCUT2D eigenvalue weighted by Gasteiger charge is 2.38. The number of benzene rings is 1. The normalized spacial score (nSPS) is 17.0. The first-order valence-corrected chi connectivity index (χ1v) is 10.6. The summed E-state index contributed by atoms with van der Waals surface area (Å²) in [4.78, 5) is 20.6. The summed E-state index contributed by atoms with van der Waals surface area (Å²) in [6.07, 6.45) is 7.36. The second kappa shape index (κ2) is 8.72. The van der Waals surface area contributed by atoms with Crippen molar-refractivity contribution < 1.29 is 9.53 Å². The van der Waals surface area contributed by atoms with E-state index in [0.29, 0.717) is 37.5 Å². The number of terminal acetylenes is 1. The molecular weight excluding hydrogens is 386 g/mol. The van der Waals surface area contributed by atoms with Gasteiger partial charge in [-0.1, -0.05) is 41.7 Å². The molecule has 1 saturated heterocycles. The zero-order chi connectivity index (χ0) is 20.1. The Morgan fingerprint density at radius 2 is 2.00 bits per heavy atom. The molecule has 4 rings (SSSR count). The van der Waals surface area contributed by atoms with Crippen LogP contribution in [0.15, 0.2) is 40.6 Å². The predicted octanol–water partition coefficient (Wildman–Crippen LogP) is 3.34. The van der Waals surface area contributed by atoms with Crippen molar-refractivity contribution in [1.82, 2.24) is 10.3 Å². The van der Waals surface area contributed by atoms with E-state index in [9.17, 15) is 4.79 Å². The number of hydrogen-bond donors (Lipinski definition) is 1. The minimum atomic E-state index is -0.394. The number of morpholine rings is 1. The van der Waals surface area contributed by atoms with Gasteiger partial charge in [-0.05, 0) is 0 Å². The lowest BCUT2D eigenvalue weighted by Gasteiger charge is -2.26. The standard InChI is InChI=1S/C21H23N5O2S/c1-2-3-9-21(24-25-21)10-11-22-19(27)18-17(16-7-5-4-6-8-16)23-20(29-18)26-12-14-28-15-13-26/h1,4-8H,3,9-15H2,(H,22,27). The predicted molar refractivity (Wildman–Crippen MR) is 113 cm³/mol. The van der Waals surface area contributed by atoms with Crippen LogP contribution in [0, 0.1) is 12.3 Å². The van der Waals surface area contributed by atoms with Gasteiger partial charge in [0.25, 0.3) is 5.91 Å². The van der Waals surface area contributed by atoms with Crippen molar-refractivity contribution in [2.75, 3.05) is 37.7 Å². The first-order chi connectivity index (χ1) is 14.2. The van der Waals surface area contributed by atoms with Gasteiger partial charge in [-0.25, -0.2) is 4.98 Å². The molecule has 29 heavy (non-hydrogen) atoms. The Bertz CT molecular complexity index is 922. The lowest BCUT2D eigenvalue weighted by molar-refractivity contribution is 0.0956. The molecule has 2 aliphatic heterocycles. The van der Waals surface area contributed by atoms with Crippen LogP contribution in [0.2, 0.25) is 0 Å². The van der Waals surface area contributed by atoms with E-state index in [1.165, 1.54) is 11.3 Å². The van der Waals surface area contributed by atoms with Crippen molar-refractivity contribution >= 4 is 22.4 Å². The van der Waals surface area contributed by atoms with Crippen LogP contribution in [0.1, 0.15) is 28.9 Å². The van der Waals surface area contributed by atoms with Gasteiger partial charge in [0.2, 0.25) is 0 Å². The minimum absolute atomic E-state index is 0.117. The van der Waals surface area contributed by atoms with E-state index in [0.717, 1.165) is 35.9 Å². The molecule has 2 aliphatic rings. The second-order valence-electron chi connectivity index (χ2n) is 7.03. The maximum atomic E-state index is 13.0. The summed E-state index contributed by atoms with van der Waals surface area (Å²) in [5.74, 6) is 2.50. The van der Waals surface area contributed by atoms with Gasteiger partial charge in [0.05, 0.1) is 18.9 Å². The molecule has 8 heteroatoms. The van der Waals surface area contributed by atoms with Gasteiger partial charge in [-0.2, -0.15) is 10.2 Å². The molecule has 0 unspecified atom stereocenters. The van der Waals surface area contributed by atoms with Crippen LogP contribution in [-0.4, -0.2) is 49.4 Å². The Kier molecular flexibility index (Phi) is 5.88. The van der Waals surface area contributed by atoms with E-state index < -0.39 is 5.66 Å². The van der Waals surface area contributed by atoms with Gasteiger partial charge in [0, 0.05) is 44.5 Å². The third-order valence-electron chi connectivity index (χ3n) is 5.01. The first-order valence-electron chi connectivity index (χ1n) is 9.75. The maximum Gasteiger partial charge on any atom is 0.263 e. The molecule has 0 aliphatic carbocycles. The fourth-order valence-corrected chi connectivity index (χ4v) is 4.33. The van der Waals surface area contributed by atoms with E-state index in [-0.39, 0.29) is 5.91 Å². The number of carbonyl (C=O) groups excluding carboxylic acids is 1. The summed E-state index contributed by atoms with van der Waals surface area (Å²) in [6.45, 7) is 3.41. The second-order valence-corrected chi connectivity index (χ2v) is 8.01. The molecule has 0 bridgehead atoms. The van der Waals surface area contributed by atoms with Gasteiger partial charge >= 0.3 is 0 Å². The molecule has 1 amide bonds. The molecule has 7 nitrogen and oxygen atoms in total. The molecule has 0 saturated carbocycles. The average molecular weight is 410 g/mol. The van der Waals surface area contributed by atoms with E-state index in [4.69, 9.17) is 16.1 Å². The summed E-state index contributed by atoms with van der Waals surface area (Å²) in [7, 11) is 0. The van der Waals surface area contributed by atoms with Crippen molar-refractivity contribution in [3.05, 3.63) is 35.2 Å². The largest absolute Gasteiger partial charge is 0.378 e. The summed E-state index contributed by atoms with van der Waals surface area (Å²) in [6, 6.07) is 9.82. The number of rotatable bonds is 8. The molecule has 1 fully saturated rings. The van der Waals surface area contributed by atoms with Crippen molar-refractivity contribution in [2.45, 2.75) is 24.9 Å². The number of amides is 1. The van der Waals surface area contributed by atoms with Crippen molar-refractivity contribution in [3.8, 4) is 23.6 Å². The number of carbonyl (C=O) groups is 1. The lowest BCUT2D eigenvalue weighted by Crippen LogP contribution is -2.36. The van der Waals surface area contributed by atoms with Gasteiger partial charge in [0.15, 0.2) is 10.8 Å². The molecule has 3 heterocycles. The quantitative estimate of drug-likeness (QED) is 0.678. The first kappa shape index (κ1) is 19.6. The Hall–Kier alpha value is -2.76. The molecule has 0 spiro atoms. The van der Waals surface area contributed by atoms with Crippen LogP contribution < -0.4 is 10.2 Å². The number of hydrogen-bond acceptors (Lipinski definition) is 7. The molecule has 1 aromatic heterocycles. The average Bonchev–Trinajstić information content (AvgIpc) is 3.39. The Morgan fingerprint density at radius 3 is 2.69 bits per heavy atom. The van der Waals surface area contributed by atoms with Crippen LogP contribution in [-0.2, 0) is 4.74 Å². The number of anilines is 1. The smallest absolute Gasteiger partial charge is 0.263 e.